The molecular formula is C31H34Cl2NSiZr. The zero-order valence-corrected chi connectivity index (χ0v) is 26.9. The van der Waals surface area contributed by atoms with Gasteiger partial charge >= 0.3 is 143 Å². The fourth-order valence-corrected chi connectivity index (χ4v) is 10.9. The Morgan fingerprint density at radius 1 is 0.944 bits per heavy atom. The van der Waals surface area contributed by atoms with Gasteiger partial charge in [0.1, 0.15) is 8.07 Å². The molecule has 0 N–H and O–H groups in total. The van der Waals surface area contributed by atoms with Crippen LogP contribution in [0.25, 0.3) is 17.2 Å². The second-order valence-corrected chi connectivity index (χ2v) is 16.2. The third-order valence-corrected chi connectivity index (χ3v) is 13.5. The van der Waals surface area contributed by atoms with Crippen molar-refractivity contribution in [1.82, 2.24) is 0 Å². The summed E-state index contributed by atoms with van der Waals surface area (Å²) in [6.07, 6.45) is 11.6. The van der Waals surface area contributed by atoms with Crippen LogP contribution in [0.15, 0.2) is 86.3 Å². The first-order chi connectivity index (χ1) is 16.3. The summed E-state index contributed by atoms with van der Waals surface area (Å²) in [7, 11) is -1.11. The Hall–Kier alpha value is -1.25. The van der Waals surface area contributed by atoms with Crippen molar-refractivity contribution >= 4 is 20.4 Å². The van der Waals surface area contributed by atoms with Crippen molar-refractivity contribution < 1.29 is 49.5 Å². The Balaban J connectivity index is 0.000000218. The molecular weight excluding hydrogens is 577 g/mol. The number of nitrogens with zero attached hydrogens (tertiary/aromatic N) is 1. The van der Waals surface area contributed by atoms with Gasteiger partial charge in [-0.15, -0.1) is 0 Å². The SMILES string of the molecule is CC1=C2C3=CN=CC3=C1[Si]2(C)C.CCCCCc1ccc(-c2cccc3c2C=C(C)[CH]3[Zr+2])cc1.[Cl-].[Cl-]. The van der Waals surface area contributed by atoms with E-state index in [4.69, 9.17) is 0 Å². The summed E-state index contributed by atoms with van der Waals surface area (Å²) >= 11 is 1.59. The summed E-state index contributed by atoms with van der Waals surface area (Å²) in [5.41, 5.74) is 13.1. The summed E-state index contributed by atoms with van der Waals surface area (Å²) in [4.78, 5) is 4.19. The van der Waals surface area contributed by atoms with Gasteiger partial charge in [0.25, 0.3) is 0 Å². The van der Waals surface area contributed by atoms with Crippen LogP contribution in [0.4, 0.5) is 0 Å². The van der Waals surface area contributed by atoms with E-state index >= 15 is 0 Å². The number of fused-ring (bicyclic) bond motifs is 1. The molecule has 3 heterocycles. The van der Waals surface area contributed by atoms with Crippen LogP contribution in [-0.4, -0.2) is 14.3 Å². The summed E-state index contributed by atoms with van der Waals surface area (Å²) in [5.74, 6) is 0. The van der Waals surface area contributed by atoms with Crippen LogP contribution >= 0.6 is 0 Å². The van der Waals surface area contributed by atoms with Crippen LogP contribution < -0.4 is 24.8 Å². The van der Waals surface area contributed by atoms with E-state index in [9.17, 15) is 0 Å². The zero-order chi connectivity index (χ0) is 24.0. The van der Waals surface area contributed by atoms with Crippen LogP contribution in [0.5, 0.6) is 0 Å². The van der Waals surface area contributed by atoms with Crippen LogP contribution in [0.2, 0.25) is 13.1 Å². The van der Waals surface area contributed by atoms with Gasteiger partial charge in [-0.1, -0.05) is 25.6 Å². The minimum absolute atomic E-state index is 0. The summed E-state index contributed by atoms with van der Waals surface area (Å²) in [6, 6.07) is 16.0. The first-order valence-electron chi connectivity index (χ1n) is 12.7. The third kappa shape index (κ3) is 4.94. The molecule has 5 heteroatoms. The van der Waals surface area contributed by atoms with Crippen molar-refractivity contribution in [3.05, 3.63) is 98.0 Å². The van der Waals surface area contributed by atoms with Gasteiger partial charge in [-0.3, -0.25) is 4.99 Å². The molecule has 1 atom stereocenters. The normalized spacial score (nSPS) is 19.4. The molecule has 7 rings (SSSR count). The van der Waals surface area contributed by atoms with Gasteiger partial charge in [0.05, 0.1) is 0 Å². The molecule has 2 aromatic carbocycles. The van der Waals surface area contributed by atoms with Crippen molar-refractivity contribution in [3.63, 3.8) is 0 Å². The van der Waals surface area contributed by atoms with E-state index in [1.54, 1.807) is 40.7 Å². The van der Waals surface area contributed by atoms with Crippen molar-refractivity contribution in [3.8, 4) is 11.1 Å². The molecule has 0 aromatic heterocycles. The van der Waals surface area contributed by atoms with Gasteiger partial charge in [-0.25, -0.2) is 0 Å². The van der Waals surface area contributed by atoms with Gasteiger partial charge in [0.15, 0.2) is 0 Å². The van der Waals surface area contributed by atoms with Gasteiger partial charge in [0.2, 0.25) is 0 Å². The van der Waals surface area contributed by atoms with Crippen molar-refractivity contribution in [2.24, 2.45) is 4.99 Å². The molecule has 0 fully saturated rings. The predicted octanol–water partition coefficient (Wildman–Crippen LogP) is 2.48. The molecule has 0 spiro atoms. The number of hydrogen-bond acceptors (Lipinski definition) is 1. The van der Waals surface area contributed by atoms with E-state index in [0.717, 1.165) is 0 Å². The molecule has 2 aliphatic carbocycles. The molecule has 0 amide bonds. The average Bonchev–Trinajstić information content (AvgIpc) is 3.52. The third-order valence-electron chi connectivity index (χ3n) is 7.85. The van der Waals surface area contributed by atoms with E-state index < -0.39 is 8.07 Å². The molecule has 0 saturated carbocycles. The summed E-state index contributed by atoms with van der Waals surface area (Å²) < 4.78 is 0.649. The molecule has 1 unspecified atom stereocenters. The maximum Gasteiger partial charge on any atom is -1.00 e. The first-order valence-corrected chi connectivity index (χ1v) is 17.1. The Labute approximate surface area is 245 Å². The maximum absolute atomic E-state index is 4.19. The summed E-state index contributed by atoms with van der Waals surface area (Å²) in [5, 5.41) is 3.31. The van der Waals surface area contributed by atoms with Crippen LogP contribution in [-0.2, 0) is 31.1 Å². The molecule has 0 saturated heterocycles. The number of unbranched alkanes of at least 4 members (excludes halogenated alkanes) is 2. The van der Waals surface area contributed by atoms with Crippen LogP contribution in [0.3, 0.4) is 0 Å². The van der Waals surface area contributed by atoms with E-state index in [-0.39, 0.29) is 24.8 Å². The number of aryl methyl sites for hydroxylation is 1. The maximum atomic E-state index is 4.19. The van der Waals surface area contributed by atoms with Gasteiger partial charge in [0, 0.05) is 23.6 Å². The zero-order valence-electron chi connectivity index (χ0n) is 21.9. The molecule has 3 aliphatic heterocycles. The largest absolute Gasteiger partial charge is 1.00 e. The monoisotopic (exact) mass is 608 g/mol. The number of aliphatic imine (C=N–C) groups is 1. The topological polar surface area (TPSA) is 12.4 Å². The number of benzene rings is 2. The minimum Gasteiger partial charge on any atom is -1.00 e. The Morgan fingerprint density at radius 3 is 2.31 bits per heavy atom. The molecule has 2 bridgehead atoms. The van der Waals surface area contributed by atoms with Crippen molar-refractivity contribution in [1.29, 1.82) is 0 Å². The first kappa shape index (κ1) is 29.3. The molecule has 5 aliphatic rings. The standard InChI is InChI=1S/C21H23.C10H11NSi.2ClH.Zr/c1-3-4-5-7-17-10-12-18(13-11-17)20-9-6-8-19-14-16(2)15-21(19)20;1-6-9-7-4-11-5-8(7)10(6)12(9,2)3;;;/h6,8-15H,3-5,7H2,1-2H3;4-5H,1-3H3;2*1H;/q;;;;+2/p-2. The van der Waals surface area contributed by atoms with Crippen LogP contribution in [0, 0.1) is 0 Å². The van der Waals surface area contributed by atoms with E-state index in [2.05, 4.69) is 87.4 Å². The minimum atomic E-state index is -1.11. The van der Waals surface area contributed by atoms with Gasteiger partial charge in [-0.05, 0) is 17.3 Å². The second-order valence-electron chi connectivity index (χ2n) is 10.5. The Bertz CT molecular complexity index is 1310. The molecule has 185 valence electrons. The van der Waals surface area contributed by atoms with E-state index in [1.807, 2.05) is 12.4 Å². The van der Waals surface area contributed by atoms with Crippen LogP contribution in [0.1, 0.15) is 60.3 Å². The molecule has 0 radical (unpaired) electrons. The fraction of sp³-hybridized carbons (Fsp3) is 0.323. The quantitative estimate of drug-likeness (QED) is 0.365. The van der Waals surface area contributed by atoms with Crippen molar-refractivity contribution in [2.75, 3.05) is 0 Å². The summed E-state index contributed by atoms with van der Waals surface area (Å²) in [6.45, 7) is 11.6. The molecule has 2 aromatic rings. The molecule has 1 nitrogen and oxygen atoms in total. The number of allylic oxidation sites excluding steroid dienone is 6. The van der Waals surface area contributed by atoms with Gasteiger partial charge in [-0.2, -0.15) is 0 Å². The smallest absolute Gasteiger partial charge is 1.00 e. The predicted molar refractivity (Wildman–Crippen MR) is 145 cm³/mol. The number of hydrogen-bond donors (Lipinski definition) is 0. The van der Waals surface area contributed by atoms with E-state index in [1.165, 1.54) is 70.2 Å². The second kappa shape index (κ2) is 11.6. The number of halogens is 2. The Kier molecular flexibility index (Phi) is 9.48. The number of rotatable bonds is 5. The average molecular weight is 611 g/mol. The Morgan fingerprint density at radius 2 is 1.67 bits per heavy atom. The van der Waals surface area contributed by atoms with Crippen molar-refractivity contribution in [2.45, 2.75) is 63.2 Å². The fourth-order valence-electron chi connectivity index (χ4n) is 6.16. The van der Waals surface area contributed by atoms with Gasteiger partial charge < -0.3 is 24.8 Å². The molecule has 36 heavy (non-hydrogen) atoms. The van der Waals surface area contributed by atoms with E-state index in [0.29, 0.717) is 3.63 Å².